The highest BCUT2D eigenvalue weighted by molar-refractivity contribution is 14.0. The molecule has 1 fully saturated rings. The van der Waals surface area contributed by atoms with Crippen LogP contribution in [0.1, 0.15) is 19.4 Å². The second-order valence-electron chi connectivity index (χ2n) is 5.00. The molecule has 1 unspecified atom stereocenters. The molecule has 1 heterocycles. The first kappa shape index (κ1) is 15.3. The van der Waals surface area contributed by atoms with Crippen LogP contribution in [0.2, 0.25) is 0 Å². The summed E-state index contributed by atoms with van der Waals surface area (Å²) in [4.78, 5) is 6.84. The molecule has 1 aliphatic rings. The van der Waals surface area contributed by atoms with E-state index in [1.807, 2.05) is 6.07 Å². The van der Waals surface area contributed by atoms with Crippen LogP contribution in [0.5, 0.6) is 0 Å². The van der Waals surface area contributed by atoms with Gasteiger partial charge in [0.05, 0.1) is 6.54 Å². The van der Waals surface area contributed by atoms with Crippen LogP contribution in [-0.4, -0.2) is 30.5 Å². The maximum atomic E-state index is 4.64. The van der Waals surface area contributed by atoms with Crippen LogP contribution in [-0.2, 0) is 6.54 Å². The van der Waals surface area contributed by atoms with Gasteiger partial charge in [0, 0.05) is 19.6 Å². The van der Waals surface area contributed by atoms with Crippen molar-refractivity contribution < 1.29 is 0 Å². The molecule has 0 bridgehead atoms. The number of hydrogen-bond acceptors (Lipinski definition) is 1. The molecule has 1 aromatic rings. The predicted octanol–water partition coefficient (Wildman–Crippen LogP) is 2.72. The summed E-state index contributed by atoms with van der Waals surface area (Å²) in [7, 11) is 2.10. The summed E-state index contributed by atoms with van der Waals surface area (Å²) in [5.41, 5.74) is 1.25. The van der Waals surface area contributed by atoms with Crippen molar-refractivity contribution in [2.45, 2.75) is 26.4 Å². The van der Waals surface area contributed by atoms with E-state index in [1.165, 1.54) is 5.56 Å². The third-order valence-electron chi connectivity index (χ3n) is 3.21. The summed E-state index contributed by atoms with van der Waals surface area (Å²) in [6.45, 7) is 6.28. The van der Waals surface area contributed by atoms with E-state index in [9.17, 15) is 0 Å². The zero-order chi connectivity index (χ0) is 12.3. The molecule has 18 heavy (non-hydrogen) atoms. The Morgan fingerprint density at radius 3 is 2.56 bits per heavy atom. The fraction of sp³-hybridized carbons (Fsp3) is 0.500. The van der Waals surface area contributed by atoms with Gasteiger partial charge in [-0.2, -0.15) is 0 Å². The molecule has 3 nitrogen and oxygen atoms in total. The lowest BCUT2D eigenvalue weighted by Crippen LogP contribution is -2.32. The maximum absolute atomic E-state index is 4.64. The van der Waals surface area contributed by atoms with Gasteiger partial charge in [0.2, 0.25) is 0 Å². The maximum Gasteiger partial charge on any atom is 0.194 e. The number of rotatable bonds is 3. The molecular weight excluding hydrogens is 337 g/mol. The van der Waals surface area contributed by atoms with E-state index in [0.29, 0.717) is 12.0 Å². The van der Waals surface area contributed by atoms with Crippen LogP contribution in [0.3, 0.4) is 0 Å². The molecule has 0 radical (unpaired) electrons. The summed E-state index contributed by atoms with van der Waals surface area (Å²) >= 11 is 0. The van der Waals surface area contributed by atoms with Gasteiger partial charge in [-0.1, -0.05) is 44.2 Å². The monoisotopic (exact) mass is 359 g/mol. The SMILES string of the molecule is CC(C)C1CN(C)C(=NCc2ccccc2)N1.I. The van der Waals surface area contributed by atoms with E-state index in [4.69, 9.17) is 0 Å². The molecule has 0 saturated carbocycles. The van der Waals surface area contributed by atoms with Gasteiger partial charge in [-0.25, -0.2) is 4.99 Å². The molecule has 1 atom stereocenters. The normalized spacial score (nSPS) is 21.0. The lowest BCUT2D eigenvalue weighted by molar-refractivity contribution is 0.425. The van der Waals surface area contributed by atoms with E-state index >= 15 is 0 Å². The Bertz CT molecular complexity index is 389. The van der Waals surface area contributed by atoms with Crippen molar-refractivity contribution in [1.82, 2.24) is 10.2 Å². The molecule has 4 heteroatoms. The molecule has 1 aromatic carbocycles. The standard InChI is InChI=1S/C14H21N3.HI/c1-11(2)13-10-17(3)14(16-13)15-9-12-7-5-4-6-8-12;/h4-8,11,13H,9-10H2,1-3H3,(H,15,16);1H. The zero-order valence-electron chi connectivity index (χ0n) is 11.3. The van der Waals surface area contributed by atoms with Crippen LogP contribution in [0.4, 0.5) is 0 Å². The quantitative estimate of drug-likeness (QED) is 0.841. The van der Waals surface area contributed by atoms with Crippen molar-refractivity contribution >= 4 is 29.9 Å². The van der Waals surface area contributed by atoms with Gasteiger partial charge in [0.25, 0.3) is 0 Å². The van der Waals surface area contributed by atoms with Crippen LogP contribution >= 0.6 is 24.0 Å². The highest BCUT2D eigenvalue weighted by Crippen LogP contribution is 2.11. The fourth-order valence-electron chi connectivity index (χ4n) is 2.00. The summed E-state index contributed by atoms with van der Waals surface area (Å²) in [6, 6.07) is 10.9. The third kappa shape index (κ3) is 3.86. The minimum Gasteiger partial charge on any atom is -0.351 e. The highest BCUT2D eigenvalue weighted by Gasteiger charge is 2.25. The molecule has 1 N–H and O–H groups in total. The molecule has 2 rings (SSSR count). The van der Waals surface area contributed by atoms with Gasteiger partial charge >= 0.3 is 0 Å². The second-order valence-corrected chi connectivity index (χ2v) is 5.00. The van der Waals surface area contributed by atoms with Crippen molar-refractivity contribution in [1.29, 1.82) is 0 Å². The molecule has 1 saturated heterocycles. The average molecular weight is 359 g/mol. The van der Waals surface area contributed by atoms with Gasteiger partial charge < -0.3 is 10.2 Å². The summed E-state index contributed by atoms with van der Waals surface area (Å²) in [5, 5.41) is 3.49. The van der Waals surface area contributed by atoms with Crippen molar-refractivity contribution in [3.63, 3.8) is 0 Å². The van der Waals surface area contributed by atoms with Crippen molar-refractivity contribution in [2.24, 2.45) is 10.9 Å². The first-order valence-corrected chi connectivity index (χ1v) is 6.23. The molecule has 0 aromatic heterocycles. The first-order valence-electron chi connectivity index (χ1n) is 6.23. The van der Waals surface area contributed by atoms with Crippen LogP contribution in [0.25, 0.3) is 0 Å². The summed E-state index contributed by atoms with van der Waals surface area (Å²) in [5.74, 6) is 1.66. The average Bonchev–Trinajstić information content (AvgIpc) is 2.70. The smallest absolute Gasteiger partial charge is 0.194 e. The lowest BCUT2D eigenvalue weighted by Gasteiger charge is -2.12. The zero-order valence-corrected chi connectivity index (χ0v) is 13.6. The van der Waals surface area contributed by atoms with Crippen molar-refractivity contribution in [2.75, 3.05) is 13.6 Å². The predicted molar refractivity (Wildman–Crippen MR) is 87.4 cm³/mol. The van der Waals surface area contributed by atoms with Gasteiger partial charge in [-0.3, -0.25) is 0 Å². The van der Waals surface area contributed by atoms with Crippen molar-refractivity contribution in [3.8, 4) is 0 Å². The molecular formula is C14H22IN3. The minimum absolute atomic E-state index is 0. The van der Waals surface area contributed by atoms with Crippen LogP contribution in [0, 0.1) is 5.92 Å². The fourth-order valence-corrected chi connectivity index (χ4v) is 2.00. The molecule has 0 aliphatic carbocycles. The number of aliphatic imine (C=N–C) groups is 1. The Balaban J connectivity index is 0.00000162. The minimum atomic E-state index is 0. The Morgan fingerprint density at radius 2 is 2.00 bits per heavy atom. The van der Waals surface area contributed by atoms with Gasteiger partial charge in [0.1, 0.15) is 0 Å². The van der Waals surface area contributed by atoms with E-state index in [1.54, 1.807) is 0 Å². The third-order valence-corrected chi connectivity index (χ3v) is 3.21. The number of halogens is 1. The van der Waals surface area contributed by atoms with E-state index in [-0.39, 0.29) is 24.0 Å². The van der Waals surface area contributed by atoms with Crippen LogP contribution in [0.15, 0.2) is 35.3 Å². The molecule has 100 valence electrons. The molecule has 0 amide bonds. The Labute approximate surface area is 127 Å². The Hall–Kier alpha value is -0.780. The van der Waals surface area contributed by atoms with Crippen LogP contribution < -0.4 is 5.32 Å². The van der Waals surface area contributed by atoms with E-state index in [2.05, 4.69) is 60.4 Å². The number of benzene rings is 1. The van der Waals surface area contributed by atoms with Crippen molar-refractivity contribution in [3.05, 3.63) is 35.9 Å². The number of nitrogens with one attached hydrogen (secondary N) is 1. The molecule has 1 aliphatic heterocycles. The second kappa shape index (κ2) is 6.97. The largest absolute Gasteiger partial charge is 0.351 e. The number of nitrogens with zero attached hydrogens (tertiary/aromatic N) is 2. The summed E-state index contributed by atoms with van der Waals surface area (Å²) in [6.07, 6.45) is 0. The van der Waals surface area contributed by atoms with Gasteiger partial charge in [-0.05, 0) is 11.5 Å². The first-order chi connectivity index (χ1) is 8.16. The lowest BCUT2D eigenvalue weighted by atomic mass is 10.1. The van der Waals surface area contributed by atoms with Gasteiger partial charge in [-0.15, -0.1) is 24.0 Å². The number of hydrogen-bond donors (Lipinski definition) is 1. The topological polar surface area (TPSA) is 27.6 Å². The molecule has 0 spiro atoms. The number of guanidine groups is 1. The van der Waals surface area contributed by atoms with E-state index in [0.717, 1.165) is 19.0 Å². The van der Waals surface area contributed by atoms with Gasteiger partial charge in [0.15, 0.2) is 5.96 Å². The highest BCUT2D eigenvalue weighted by atomic mass is 127. The number of likely N-dealkylation sites (N-methyl/N-ethyl adjacent to an activating group) is 1. The Morgan fingerprint density at radius 1 is 1.33 bits per heavy atom. The summed E-state index contributed by atoms with van der Waals surface area (Å²) < 4.78 is 0. The Kier molecular flexibility index (Phi) is 5.91. The van der Waals surface area contributed by atoms with E-state index < -0.39 is 0 Å².